The molecule has 3 heteroatoms. The van der Waals surface area contributed by atoms with Crippen molar-refractivity contribution >= 4 is 5.97 Å². The van der Waals surface area contributed by atoms with Crippen LogP contribution in [0.2, 0.25) is 0 Å². The summed E-state index contributed by atoms with van der Waals surface area (Å²) in [6.07, 6.45) is 0.440. The molecule has 76 valence electrons. The van der Waals surface area contributed by atoms with Gasteiger partial charge in [-0.05, 0) is 25.0 Å². The number of carbonyl (C=O) groups excluding carboxylic acids is 1. The van der Waals surface area contributed by atoms with Crippen LogP contribution in [-0.4, -0.2) is 12.0 Å². The molecule has 0 fully saturated rings. The van der Waals surface area contributed by atoms with Crippen molar-refractivity contribution < 1.29 is 15.6 Å². The van der Waals surface area contributed by atoms with Gasteiger partial charge in [-0.2, -0.15) is 0 Å². The first-order chi connectivity index (χ1) is 6.50. The molecule has 0 aromatic heterocycles. The second-order valence-electron chi connectivity index (χ2n) is 3.65. The van der Waals surface area contributed by atoms with Crippen molar-refractivity contribution in [3.8, 4) is 0 Å². The number of carboxylic acid groups (broad SMARTS) is 1. The van der Waals surface area contributed by atoms with Gasteiger partial charge >= 0.3 is 0 Å². The van der Waals surface area contributed by atoms with Gasteiger partial charge in [0.25, 0.3) is 0 Å². The lowest BCUT2D eigenvalue weighted by molar-refractivity contribution is -0.437. The van der Waals surface area contributed by atoms with Crippen molar-refractivity contribution in [1.29, 1.82) is 0 Å². The molecule has 0 aliphatic rings. The summed E-state index contributed by atoms with van der Waals surface area (Å²) in [6.45, 7) is 3.96. The van der Waals surface area contributed by atoms with E-state index in [2.05, 4.69) is 5.73 Å². The Bertz CT molecular complexity index is 347. The van der Waals surface area contributed by atoms with E-state index < -0.39 is 12.0 Å². The molecule has 0 unspecified atom stereocenters. The van der Waals surface area contributed by atoms with Crippen molar-refractivity contribution in [3.63, 3.8) is 0 Å². The van der Waals surface area contributed by atoms with E-state index in [1.54, 1.807) is 0 Å². The summed E-state index contributed by atoms with van der Waals surface area (Å²) in [5.74, 6) is -1.09. The van der Waals surface area contributed by atoms with Crippen molar-refractivity contribution in [3.05, 3.63) is 34.9 Å². The smallest absolute Gasteiger partial charge is 0.129 e. The number of rotatable bonds is 3. The summed E-state index contributed by atoms with van der Waals surface area (Å²) in [5.41, 5.74) is 6.82. The highest BCUT2D eigenvalue weighted by Crippen LogP contribution is 2.11. The summed E-state index contributed by atoms with van der Waals surface area (Å²) in [5, 5.41) is 10.5. The Morgan fingerprint density at radius 2 is 2.14 bits per heavy atom. The van der Waals surface area contributed by atoms with Crippen LogP contribution in [0.4, 0.5) is 0 Å². The zero-order valence-electron chi connectivity index (χ0n) is 8.54. The van der Waals surface area contributed by atoms with Gasteiger partial charge in [0.2, 0.25) is 0 Å². The molecular weight excluding hydrogens is 178 g/mol. The van der Waals surface area contributed by atoms with Gasteiger partial charge < -0.3 is 15.6 Å². The lowest BCUT2D eigenvalue weighted by Gasteiger charge is -2.11. The highest BCUT2D eigenvalue weighted by atomic mass is 16.4. The van der Waals surface area contributed by atoms with E-state index >= 15 is 0 Å². The Kier molecular flexibility index (Phi) is 3.25. The Labute approximate surface area is 83.6 Å². The fourth-order valence-electron chi connectivity index (χ4n) is 1.37. The maximum Gasteiger partial charge on any atom is 0.129 e. The van der Waals surface area contributed by atoms with E-state index in [4.69, 9.17) is 0 Å². The van der Waals surface area contributed by atoms with Gasteiger partial charge in [0, 0.05) is 6.42 Å². The summed E-state index contributed by atoms with van der Waals surface area (Å²) >= 11 is 0. The lowest BCUT2D eigenvalue weighted by atomic mass is 9.99. The van der Waals surface area contributed by atoms with Gasteiger partial charge in [0.05, 0.1) is 5.97 Å². The van der Waals surface area contributed by atoms with E-state index in [0.29, 0.717) is 6.42 Å². The molecule has 0 saturated carbocycles. The van der Waals surface area contributed by atoms with Crippen LogP contribution in [0.5, 0.6) is 0 Å². The molecule has 1 atom stereocenters. The average molecular weight is 193 g/mol. The van der Waals surface area contributed by atoms with Crippen LogP contribution in [0.3, 0.4) is 0 Å². The number of aliphatic carboxylic acids is 1. The summed E-state index contributed by atoms with van der Waals surface area (Å²) < 4.78 is 0. The summed E-state index contributed by atoms with van der Waals surface area (Å²) in [7, 11) is 0. The molecule has 14 heavy (non-hydrogen) atoms. The minimum atomic E-state index is -1.09. The highest BCUT2D eigenvalue weighted by Gasteiger charge is 2.10. The van der Waals surface area contributed by atoms with Crippen LogP contribution in [-0.2, 0) is 11.2 Å². The normalized spacial score (nSPS) is 12.5. The third kappa shape index (κ3) is 2.57. The Balaban J connectivity index is 2.85. The van der Waals surface area contributed by atoms with E-state index in [0.717, 1.165) is 16.7 Å². The largest absolute Gasteiger partial charge is 0.544 e. The van der Waals surface area contributed by atoms with Gasteiger partial charge in [-0.3, -0.25) is 0 Å². The van der Waals surface area contributed by atoms with Crippen LogP contribution in [0, 0.1) is 13.8 Å². The molecule has 0 radical (unpaired) electrons. The van der Waals surface area contributed by atoms with Crippen LogP contribution >= 0.6 is 0 Å². The average Bonchev–Trinajstić information content (AvgIpc) is 2.11. The van der Waals surface area contributed by atoms with Crippen molar-refractivity contribution in [2.24, 2.45) is 0 Å². The van der Waals surface area contributed by atoms with E-state index in [9.17, 15) is 9.90 Å². The molecule has 0 aliphatic carbocycles. The number of carbonyl (C=O) groups is 1. The minimum absolute atomic E-state index is 0.440. The first-order valence-electron chi connectivity index (χ1n) is 4.61. The topological polar surface area (TPSA) is 67.8 Å². The number of quaternary nitrogens is 1. The van der Waals surface area contributed by atoms with Gasteiger partial charge in [0.1, 0.15) is 6.04 Å². The fraction of sp³-hybridized carbons (Fsp3) is 0.364. The molecule has 0 heterocycles. The predicted molar refractivity (Wildman–Crippen MR) is 51.3 cm³/mol. The second kappa shape index (κ2) is 4.24. The van der Waals surface area contributed by atoms with Gasteiger partial charge in [-0.15, -0.1) is 0 Å². The van der Waals surface area contributed by atoms with Crippen LogP contribution < -0.4 is 10.8 Å². The number of hydrogen-bond donors (Lipinski definition) is 1. The van der Waals surface area contributed by atoms with Crippen LogP contribution in [0.1, 0.15) is 16.7 Å². The molecule has 1 rings (SSSR count). The quantitative estimate of drug-likeness (QED) is 0.683. The van der Waals surface area contributed by atoms with E-state index in [1.165, 1.54) is 0 Å². The Morgan fingerprint density at radius 3 is 2.71 bits per heavy atom. The number of aryl methyl sites for hydroxylation is 2. The zero-order chi connectivity index (χ0) is 10.7. The highest BCUT2D eigenvalue weighted by molar-refractivity contribution is 5.69. The first kappa shape index (κ1) is 10.7. The number of hydrogen-bond acceptors (Lipinski definition) is 2. The minimum Gasteiger partial charge on any atom is -0.544 e. The van der Waals surface area contributed by atoms with Gasteiger partial charge in [-0.1, -0.05) is 23.8 Å². The molecule has 0 bridgehead atoms. The van der Waals surface area contributed by atoms with Crippen LogP contribution in [0.15, 0.2) is 18.2 Å². The molecule has 1 aromatic rings. The second-order valence-corrected chi connectivity index (χ2v) is 3.65. The maximum atomic E-state index is 10.5. The predicted octanol–water partition coefficient (Wildman–Crippen LogP) is -0.794. The Morgan fingerprint density at radius 1 is 1.50 bits per heavy atom. The maximum absolute atomic E-state index is 10.5. The molecule has 0 amide bonds. The molecule has 3 nitrogen and oxygen atoms in total. The molecule has 0 spiro atoms. The SMILES string of the molecule is Cc1ccc(C)c(C[C@H]([NH3+])C(=O)[O-])c1. The molecular formula is C11H15NO2. The third-order valence-electron chi connectivity index (χ3n) is 2.30. The Hall–Kier alpha value is -1.35. The van der Waals surface area contributed by atoms with Crippen molar-refractivity contribution in [2.75, 3.05) is 0 Å². The zero-order valence-corrected chi connectivity index (χ0v) is 8.54. The molecule has 0 saturated heterocycles. The summed E-state index contributed by atoms with van der Waals surface area (Å²) in [4.78, 5) is 10.5. The first-order valence-corrected chi connectivity index (χ1v) is 4.61. The molecule has 3 N–H and O–H groups in total. The standard InChI is InChI=1S/C11H15NO2/c1-7-3-4-8(2)9(5-7)6-10(12)11(13)14/h3-5,10H,6,12H2,1-2H3,(H,13,14)/t10-/m0/s1. The molecule has 1 aromatic carbocycles. The third-order valence-corrected chi connectivity index (χ3v) is 2.30. The van der Waals surface area contributed by atoms with E-state index in [-0.39, 0.29) is 0 Å². The van der Waals surface area contributed by atoms with Gasteiger partial charge in [0.15, 0.2) is 0 Å². The lowest BCUT2D eigenvalue weighted by Crippen LogP contribution is -2.69. The molecule has 0 aliphatic heterocycles. The van der Waals surface area contributed by atoms with Crippen molar-refractivity contribution in [1.82, 2.24) is 0 Å². The van der Waals surface area contributed by atoms with E-state index in [1.807, 2.05) is 32.0 Å². The van der Waals surface area contributed by atoms with Crippen molar-refractivity contribution in [2.45, 2.75) is 26.3 Å². The van der Waals surface area contributed by atoms with Crippen LogP contribution in [0.25, 0.3) is 0 Å². The number of carboxylic acids is 1. The van der Waals surface area contributed by atoms with Gasteiger partial charge in [-0.25, -0.2) is 0 Å². The summed E-state index contributed by atoms with van der Waals surface area (Å²) in [6, 6.07) is 5.33. The number of benzene rings is 1. The fourth-order valence-corrected chi connectivity index (χ4v) is 1.37. The monoisotopic (exact) mass is 193 g/mol.